The smallest absolute Gasteiger partial charge is 0.412 e. The summed E-state index contributed by atoms with van der Waals surface area (Å²) in [6.45, 7) is 7.66. The monoisotopic (exact) mass is 415 g/mol. The number of ether oxygens (including phenoxy) is 2. The molecular formula is C22H26FN3O4. The van der Waals surface area contributed by atoms with Gasteiger partial charge in [0.2, 0.25) is 0 Å². The van der Waals surface area contributed by atoms with Crippen molar-refractivity contribution in [2.24, 2.45) is 0 Å². The van der Waals surface area contributed by atoms with Gasteiger partial charge in [-0.25, -0.2) is 9.18 Å². The molecule has 1 saturated heterocycles. The highest BCUT2D eigenvalue weighted by atomic mass is 19.1. The van der Waals surface area contributed by atoms with Crippen molar-refractivity contribution in [3.8, 4) is 0 Å². The fraction of sp³-hybridized carbons (Fsp3) is 0.364. The van der Waals surface area contributed by atoms with Gasteiger partial charge < -0.3 is 19.7 Å². The minimum atomic E-state index is -0.628. The van der Waals surface area contributed by atoms with Gasteiger partial charge in [-0.15, -0.1) is 0 Å². The predicted molar refractivity (Wildman–Crippen MR) is 114 cm³/mol. The highest BCUT2D eigenvalue weighted by Gasteiger charge is 2.18. The van der Waals surface area contributed by atoms with E-state index in [0.717, 1.165) is 0 Å². The summed E-state index contributed by atoms with van der Waals surface area (Å²) >= 11 is 0. The molecule has 0 spiro atoms. The predicted octanol–water partition coefficient (Wildman–Crippen LogP) is 4.26. The molecule has 1 aliphatic heterocycles. The summed E-state index contributed by atoms with van der Waals surface area (Å²) in [5.74, 6) is -0.823. The number of morpholine rings is 1. The number of hydrogen-bond acceptors (Lipinski definition) is 5. The van der Waals surface area contributed by atoms with Crippen molar-refractivity contribution in [2.75, 3.05) is 41.8 Å². The van der Waals surface area contributed by atoms with E-state index in [1.54, 1.807) is 51.1 Å². The Hall–Kier alpha value is -3.13. The molecule has 30 heavy (non-hydrogen) atoms. The topological polar surface area (TPSA) is 79.9 Å². The van der Waals surface area contributed by atoms with Crippen LogP contribution < -0.4 is 15.5 Å². The number of rotatable bonds is 4. The van der Waals surface area contributed by atoms with Gasteiger partial charge in [0.25, 0.3) is 5.91 Å². The zero-order valence-electron chi connectivity index (χ0n) is 17.3. The number of carbonyl (C=O) groups is 2. The summed E-state index contributed by atoms with van der Waals surface area (Å²) in [6.07, 6.45) is -0.610. The number of anilines is 3. The quantitative estimate of drug-likeness (QED) is 0.780. The lowest BCUT2D eigenvalue weighted by atomic mass is 10.1. The second kappa shape index (κ2) is 9.13. The van der Waals surface area contributed by atoms with E-state index in [4.69, 9.17) is 9.47 Å². The first-order chi connectivity index (χ1) is 14.2. The molecule has 0 atom stereocenters. The number of halogens is 1. The van der Waals surface area contributed by atoms with Crippen molar-refractivity contribution >= 4 is 29.1 Å². The summed E-state index contributed by atoms with van der Waals surface area (Å²) in [5.41, 5.74) is 0.947. The Bertz CT molecular complexity index is 921. The summed E-state index contributed by atoms with van der Waals surface area (Å²) in [7, 11) is 0. The first-order valence-electron chi connectivity index (χ1n) is 9.75. The van der Waals surface area contributed by atoms with Crippen molar-refractivity contribution in [2.45, 2.75) is 26.4 Å². The molecule has 2 amide bonds. The van der Waals surface area contributed by atoms with Gasteiger partial charge >= 0.3 is 6.09 Å². The van der Waals surface area contributed by atoms with Gasteiger partial charge in [0.15, 0.2) is 0 Å². The molecule has 2 aromatic rings. The van der Waals surface area contributed by atoms with Crippen molar-refractivity contribution in [3.05, 3.63) is 53.8 Å². The minimum absolute atomic E-state index is 0.321. The molecule has 1 aliphatic rings. The van der Waals surface area contributed by atoms with Crippen LogP contribution in [0.2, 0.25) is 0 Å². The van der Waals surface area contributed by atoms with Crippen LogP contribution in [0.5, 0.6) is 0 Å². The zero-order valence-corrected chi connectivity index (χ0v) is 17.3. The Morgan fingerprint density at radius 3 is 2.40 bits per heavy atom. The maximum absolute atomic E-state index is 14.5. The Labute approximate surface area is 175 Å². The van der Waals surface area contributed by atoms with Crippen molar-refractivity contribution in [3.63, 3.8) is 0 Å². The maximum atomic E-state index is 14.5. The molecule has 0 radical (unpaired) electrons. The summed E-state index contributed by atoms with van der Waals surface area (Å²) in [4.78, 5) is 26.4. The SMILES string of the molecule is CC(C)(C)OC(=O)Nc1cccc(C(=O)Nc2ccc(N3CCOCC3)c(F)c2)c1. The van der Waals surface area contributed by atoms with Crippen molar-refractivity contribution in [1.29, 1.82) is 0 Å². The molecule has 8 heteroatoms. The number of amides is 2. The van der Waals surface area contributed by atoms with Crippen LogP contribution in [0, 0.1) is 5.82 Å². The van der Waals surface area contributed by atoms with E-state index in [1.165, 1.54) is 12.1 Å². The minimum Gasteiger partial charge on any atom is -0.444 e. The first kappa shape index (κ1) is 21.6. The van der Waals surface area contributed by atoms with Crippen molar-refractivity contribution in [1.82, 2.24) is 0 Å². The Kier molecular flexibility index (Phi) is 6.56. The lowest BCUT2D eigenvalue weighted by molar-refractivity contribution is 0.0635. The summed E-state index contributed by atoms with van der Waals surface area (Å²) in [6, 6.07) is 11.0. The Morgan fingerprint density at radius 1 is 1.03 bits per heavy atom. The van der Waals surface area contributed by atoms with Crippen LogP contribution in [0.25, 0.3) is 0 Å². The van der Waals surface area contributed by atoms with Crippen molar-refractivity contribution < 1.29 is 23.5 Å². The fourth-order valence-electron chi connectivity index (χ4n) is 3.01. The normalized spacial score (nSPS) is 14.2. The van der Waals surface area contributed by atoms with Gasteiger partial charge in [0.05, 0.1) is 18.9 Å². The van der Waals surface area contributed by atoms with Crippen LogP contribution in [0.3, 0.4) is 0 Å². The molecule has 3 rings (SSSR count). The molecule has 7 nitrogen and oxygen atoms in total. The molecular weight excluding hydrogens is 389 g/mol. The first-order valence-corrected chi connectivity index (χ1v) is 9.75. The molecule has 0 unspecified atom stereocenters. The standard InChI is InChI=1S/C22H26FN3O4/c1-22(2,3)30-21(28)25-16-6-4-5-15(13-16)20(27)24-17-7-8-19(18(23)14-17)26-9-11-29-12-10-26/h4-8,13-14H,9-12H2,1-3H3,(H,24,27)(H,25,28). The average molecular weight is 415 g/mol. The fourth-order valence-corrected chi connectivity index (χ4v) is 3.01. The molecule has 2 aromatic carbocycles. The second-order valence-corrected chi connectivity index (χ2v) is 7.93. The second-order valence-electron chi connectivity index (χ2n) is 7.93. The van der Waals surface area contributed by atoms with Gasteiger partial charge in [0.1, 0.15) is 11.4 Å². The van der Waals surface area contributed by atoms with Crippen LogP contribution in [0.1, 0.15) is 31.1 Å². The summed E-state index contributed by atoms with van der Waals surface area (Å²) < 4.78 is 25.0. The number of hydrogen-bond donors (Lipinski definition) is 2. The van der Waals surface area contributed by atoms with Crippen LogP contribution in [-0.4, -0.2) is 43.9 Å². The van der Waals surface area contributed by atoms with Crippen LogP contribution in [0.4, 0.5) is 26.2 Å². The number of nitrogens with zero attached hydrogens (tertiary/aromatic N) is 1. The van der Waals surface area contributed by atoms with Gasteiger partial charge in [-0.05, 0) is 57.2 Å². The van der Waals surface area contributed by atoms with E-state index in [-0.39, 0.29) is 0 Å². The zero-order chi connectivity index (χ0) is 21.7. The molecule has 0 aromatic heterocycles. The highest BCUT2D eigenvalue weighted by Crippen LogP contribution is 2.24. The largest absolute Gasteiger partial charge is 0.444 e. The van der Waals surface area contributed by atoms with E-state index >= 15 is 0 Å². The Balaban J connectivity index is 1.66. The lowest BCUT2D eigenvalue weighted by Crippen LogP contribution is -2.36. The third kappa shape index (κ3) is 5.93. The van der Waals surface area contributed by atoms with Crippen LogP contribution in [-0.2, 0) is 9.47 Å². The van der Waals surface area contributed by atoms with Gasteiger partial charge in [-0.3, -0.25) is 10.1 Å². The molecule has 0 saturated carbocycles. The molecule has 0 bridgehead atoms. The average Bonchev–Trinajstić information content (AvgIpc) is 2.67. The van der Waals surface area contributed by atoms with Gasteiger partial charge in [-0.2, -0.15) is 0 Å². The van der Waals surface area contributed by atoms with E-state index in [9.17, 15) is 14.0 Å². The molecule has 0 aliphatic carbocycles. The number of nitrogens with one attached hydrogen (secondary N) is 2. The van der Waals surface area contributed by atoms with E-state index in [0.29, 0.717) is 48.9 Å². The molecule has 1 heterocycles. The van der Waals surface area contributed by atoms with Gasteiger partial charge in [0, 0.05) is 30.0 Å². The maximum Gasteiger partial charge on any atom is 0.412 e. The number of carbonyl (C=O) groups excluding carboxylic acids is 2. The lowest BCUT2D eigenvalue weighted by Gasteiger charge is -2.29. The molecule has 1 fully saturated rings. The summed E-state index contributed by atoms with van der Waals surface area (Å²) in [5, 5.41) is 5.28. The van der Waals surface area contributed by atoms with E-state index < -0.39 is 23.4 Å². The van der Waals surface area contributed by atoms with Gasteiger partial charge in [-0.1, -0.05) is 6.07 Å². The third-order valence-corrected chi connectivity index (χ3v) is 4.33. The molecule has 160 valence electrons. The Morgan fingerprint density at radius 2 is 1.73 bits per heavy atom. The van der Waals surface area contributed by atoms with Crippen LogP contribution >= 0.6 is 0 Å². The third-order valence-electron chi connectivity index (χ3n) is 4.33. The van der Waals surface area contributed by atoms with Crippen LogP contribution in [0.15, 0.2) is 42.5 Å². The van der Waals surface area contributed by atoms with E-state index in [1.807, 2.05) is 4.90 Å². The number of benzene rings is 2. The molecule has 2 N–H and O–H groups in total. The van der Waals surface area contributed by atoms with E-state index in [2.05, 4.69) is 10.6 Å². The highest BCUT2D eigenvalue weighted by molar-refractivity contribution is 6.05.